The summed E-state index contributed by atoms with van der Waals surface area (Å²) in [4.78, 5) is 14.7. The molecule has 4 rings (SSSR count). The van der Waals surface area contributed by atoms with Crippen LogP contribution in [-0.4, -0.2) is 22.5 Å². The van der Waals surface area contributed by atoms with Crippen molar-refractivity contribution in [2.75, 3.05) is 6.54 Å². The van der Waals surface area contributed by atoms with Crippen molar-refractivity contribution < 1.29 is 9.32 Å². The Morgan fingerprint density at radius 2 is 2.27 bits per heavy atom. The number of aromatic nitrogens is 1. The van der Waals surface area contributed by atoms with Crippen molar-refractivity contribution in [2.45, 2.75) is 25.3 Å². The van der Waals surface area contributed by atoms with Crippen molar-refractivity contribution in [2.24, 2.45) is 0 Å². The molecule has 1 aliphatic rings. The van der Waals surface area contributed by atoms with Gasteiger partial charge in [-0.05, 0) is 47.4 Å². The fourth-order valence-corrected chi connectivity index (χ4v) is 3.89. The van der Waals surface area contributed by atoms with Crippen LogP contribution in [-0.2, 0) is 11.2 Å². The molecule has 22 heavy (non-hydrogen) atoms. The zero-order valence-corrected chi connectivity index (χ0v) is 12.9. The fourth-order valence-electron chi connectivity index (χ4n) is 3.19. The monoisotopic (exact) mass is 312 g/mol. The zero-order valence-electron chi connectivity index (χ0n) is 12.1. The summed E-state index contributed by atoms with van der Waals surface area (Å²) in [6, 6.07) is 10.0. The first-order valence-electron chi connectivity index (χ1n) is 7.48. The molecular weight excluding hydrogens is 296 g/mol. The molecule has 0 aliphatic carbocycles. The summed E-state index contributed by atoms with van der Waals surface area (Å²) in [5.74, 6) is 0.132. The molecule has 0 N–H and O–H groups in total. The number of rotatable bonds is 3. The molecule has 1 aliphatic heterocycles. The fraction of sp³-hybridized carbons (Fsp3) is 0.294. The van der Waals surface area contributed by atoms with Crippen LogP contribution in [0.25, 0.3) is 11.0 Å². The summed E-state index contributed by atoms with van der Waals surface area (Å²) < 4.78 is 5.29. The summed E-state index contributed by atoms with van der Waals surface area (Å²) in [5, 5.41) is 9.22. The molecule has 1 amide bonds. The Morgan fingerprint density at radius 1 is 1.36 bits per heavy atom. The van der Waals surface area contributed by atoms with E-state index in [4.69, 9.17) is 4.52 Å². The smallest absolute Gasteiger partial charge is 0.229 e. The summed E-state index contributed by atoms with van der Waals surface area (Å²) in [6.07, 6.45) is 2.41. The minimum Gasteiger partial charge on any atom is -0.356 e. The second kappa shape index (κ2) is 5.57. The third kappa shape index (κ3) is 2.31. The van der Waals surface area contributed by atoms with Crippen LogP contribution in [0, 0.1) is 0 Å². The van der Waals surface area contributed by atoms with Crippen molar-refractivity contribution in [1.82, 2.24) is 10.1 Å². The molecule has 3 aromatic rings. The molecular formula is C17H16N2O2S. The van der Waals surface area contributed by atoms with Gasteiger partial charge in [0.15, 0.2) is 5.58 Å². The van der Waals surface area contributed by atoms with Crippen molar-refractivity contribution in [3.63, 3.8) is 0 Å². The maximum Gasteiger partial charge on any atom is 0.229 e. The Bertz CT molecular complexity index is 794. The van der Waals surface area contributed by atoms with Crippen LogP contribution in [0.3, 0.4) is 0 Å². The number of thiophene rings is 1. The van der Waals surface area contributed by atoms with Gasteiger partial charge in [-0.15, -0.1) is 0 Å². The van der Waals surface area contributed by atoms with Crippen molar-refractivity contribution in [3.8, 4) is 0 Å². The van der Waals surface area contributed by atoms with Crippen molar-refractivity contribution in [1.29, 1.82) is 0 Å². The highest BCUT2D eigenvalue weighted by Gasteiger charge is 2.30. The lowest BCUT2D eigenvalue weighted by Crippen LogP contribution is -2.31. The first kappa shape index (κ1) is 13.5. The largest absolute Gasteiger partial charge is 0.356 e. The number of carbonyl (C=O) groups excluding carboxylic acids is 1. The number of fused-ring (bicyclic) bond motifs is 1. The second-order valence-corrected chi connectivity index (χ2v) is 6.38. The summed E-state index contributed by atoms with van der Waals surface area (Å²) in [7, 11) is 0. The third-order valence-corrected chi connectivity index (χ3v) is 4.97. The molecule has 2 aromatic heterocycles. The summed E-state index contributed by atoms with van der Waals surface area (Å²) >= 11 is 1.68. The zero-order chi connectivity index (χ0) is 14.9. The average Bonchev–Trinajstić information content (AvgIpc) is 3.27. The van der Waals surface area contributed by atoms with Crippen LogP contribution >= 0.6 is 11.3 Å². The maximum absolute atomic E-state index is 12.7. The van der Waals surface area contributed by atoms with E-state index in [1.165, 1.54) is 5.56 Å². The highest BCUT2D eigenvalue weighted by atomic mass is 32.1. The van der Waals surface area contributed by atoms with Gasteiger partial charge < -0.3 is 9.42 Å². The normalized spacial score (nSPS) is 18.2. The molecule has 0 bridgehead atoms. The van der Waals surface area contributed by atoms with Crippen molar-refractivity contribution in [3.05, 3.63) is 52.3 Å². The Morgan fingerprint density at radius 3 is 3.14 bits per heavy atom. The molecule has 5 heteroatoms. The number of para-hydroxylation sites is 1. The number of hydrogen-bond acceptors (Lipinski definition) is 4. The minimum atomic E-state index is 0.132. The van der Waals surface area contributed by atoms with E-state index in [0.29, 0.717) is 6.42 Å². The van der Waals surface area contributed by atoms with E-state index in [2.05, 4.69) is 22.0 Å². The predicted octanol–water partition coefficient (Wildman–Crippen LogP) is 3.80. The first-order chi connectivity index (χ1) is 10.8. The Kier molecular flexibility index (Phi) is 3.42. The summed E-state index contributed by atoms with van der Waals surface area (Å²) in [5.41, 5.74) is 2.72. The Balaban J connectivity index is 1.57. The lowest BCUT2D eigenvalue weighted by atomic mass is 10.1. The van der Waals surface area contributed by atoms with Gasteiger partial charge in [0.1, 0.15) is 5.69 Å². The SMILES string of the molecule is O=C(Cc1noc2ccccc12)N1CCCC1c1ccsc1. The second-order valence-electron chi connectivity index (χ2n) is 5.60. The Labute approximate surface area is 132 Å². The molecule has 1 atom stereocenters. The van der Waals surface area contributed by atoms with Gasteiger partial charge in [-0.1, -0.05) is 17.3 Å². The molecule has 112 valence electrons. The number of hydrogen-bond donors (Lipinski definition) is 0. The maximum atomic E-state index is 12.7. The molecule has 0 saturated carbocycles. The van der Waals surface area contributed by atoms with Gasteiger partial charge in [0, 0.05) is 11.9 Å². The highest BCUT2D eigenvalue weighted by molar-refractivity contribution is 7.07. The van der Waals surface area contributed by atoms with Gasteiger partial charge in [-0.3, -0.25) is 4.79 Å². The van der Waals surface area contributed by atoms with E-state index in [1.807, 2.05) is 29.2 Å². The van der Waals surface area contributed by atoms with E-state index < -0.39 is 0 Å². The number of nitrogens with zero attached hydrogens (tertiary/aromatic N) is 2. The van der Waals surface area contributed by atoms with E-state index in [1.54, 1.807) is 11.3 Å². The molecule has 0 radical (unpaired) electrons. The average molecular weight is 312 g/mol. The quantitative estimate of drug-likeness (QED) is 0.739. The molecule has 1 saturated heterocycles. The lowest BCUT2D eigenvalue weighted by Gasteiger charge is -2.24. The van der Waals surface area contributed by atoms with Gasteiger partial charge >= 0.3 is 0 Å². The molecule has 1 fully saturated rings. The number of benzene rings is 1. The van der Waals surface area contributed by atoms with E-state index in [9.17, 15) is 4.79 Å². The van der Waals surface area contributed by atoms with Crippen LogP contribution in [0.4, 0.5) is 0 Å². The Hall–Kier alpha value is -2.14. The van der Waals surface area contributed by atoms with E-state index in [0.717, 1.165) is 36.0 Å². The minimum absolute atomic E-state index is 0.132. The van der Waals surface area contributed by atoms with Crippen LogP contribution in [0.2, 0.25) is 0 Å². The van der Waals surface area contributed by atoms with E-state index >= 15 is 0 Å². The molecule has 3 heterocycles. The molecule has 0 spiro atoms. The molecule has 1 aromatic carbocycles. The number of likely N-dealkylation sites (tertiary alicyclic amines) is 1. The number of carbonyl (C=O) groups is 1. The standard InChI is InChI=1S/C17H16N2O2S/c20-17(10-14-13-4-1-2-6-16(13)21-18-14)19-8-3-5-15(19)12-7-9-22-11-12/h1-2,4,6-7,9,11,15H,3,5,8,10H2. The summed E-state index contributed by atoms with van der Waals surface area (Å²) in [6.45, 7) is 0.829. The topological polar surface area (TPSA) is 46.3 Å². The van der Waals surface area contributed by atoms with E-state index in [-0.39, 0.29) is 11.9 Å². The molecule has 4 nitrogen and oxygen atoms in total. The third-order valence-electron chi connectivity index (χ3n) is 4.27. The number of amides is 1. The van der Waals surface area contributed by atoms with Crippen molar-refractivity contribution >= 4 is 28.2 Å². The van der Waals surface area contributed by atoms with Crippen LogP contribution in [0.5, 0.6) is 0 Å². The lowest BCUT2D eigenvalue weighted by molar-refractivity contribution is -0.131. The van der Waals surface area contributed by atoms with Crippen LogP contribution in [0.15, 0.2) is 45.6 Å². The van der Waals surface area contributed by atoms with Crippen LogP contribution in [0.1, 0.15) is 30.1 Å². The van der Waals surface area contributed by atoms with Crippen LogP contribution < -0.4 is 0 Å². The highest BCUT2D eigenvalue weighted by Crippen LogP contribution is 2.33. The van der Waals surface area contributed by atoms with Gasteiger partial charge in [-0.2, -0.15) is 11.3 Å². The predicted molar refractivity (Wildman–Crippen MR) is 85.7 cm³/mol. The first-order valence-corrected chi connectivity index (χ1v) is 8.42. The van der Waals surface area contributed by atoms with Gasteiger partial charge in [0.2, 0.25) is 5.91 Å². The van der Waals surface area contributed by atoms with Gasteiger partial charge in [0.05, 0.1) is 12.5 Å². The van der Waals surface area contributed by atoms with Gasteiger partial charge in [-0.25, -0.2) is 0 Å². The van der Waals surface area contributed by atoms with Gasteiger partial charge in [0.25, 0.3) is 0 Å². The molecule has 1 unspecified atom stereocenters.